The quantitative estimate of drug-likeness (QED) is 0.648. The Balaban J connectivity index is 1.95. The molecule has 1 heterocycles. The van der Waals surface area contributed by atoms with Crippen molar-refractivity contribution >= 4 is 5.97 Å². The third kappa shape index (κ3) is 2.46. The molecule has 4 nitrogen and oxygen atoms in total. The van der Waals surface area contributed by atoms with Crippen molar-refractivity contribution in [2.45, 2.75) is 25.9 Å². The van der Waals surface area contributed by atoms with Gasteiger partial charge in [0.15, 0.2) is 6.10 Å². The summed E-state index contributed by atoms with van der Waals surface area (Å²) in [7, 11) is 0. The number of hydrogen-bond donors (Lipinski definition) is 0. The van der Waals surface area contributed by atoms with Crippen LogP contribution in [0, 0.1) is 0 Å². The second-order valence-corrected chi connectivity index (χ2v) is 3.61. The topological polar surface area (TPSA) is 44.8 Å². The SMILES string of the molecule is CC1=C(OC(=O)C2COCO2)CCC=C1. The van der Waals surface area contributed by atoms with Crippen LogP contribution in [0.15, 0.2) is 23.5 Å². The summed E-state index contributed by atoms with van der Waals surface area (Å²) in [6.45, 7) is 2.41. The molecule has 1 atom stereocenters. The van der Waals surface area contributed by atoms with Crippen LogP contribution in [-0.2, 0) is 19.0 Å². The van der Waals surface area contributed by atoms with Gasteiger partial charge in [-0.05, 0) is 18.9 Å². The van der Waals surface area contributed by atoms with Crippen LogP contribution in [0.4, 0.5) is 0 Å². The Bertz CT molecular complexity index is 311. The van der Waals surface area contributed by atoms with E-state index < -0.39 is 6.10 Å². The van der Waals surface area contributed by atoms with E-state index in [1.54, 1.807) is 0 Å². The number of esters is 1. The highest BCUT2D eigenvalue weighted by atomic mass is 16.7. The first-order valence-electron chi connectivity index (χ1n) is 5.04. The van der Waals surface area contributed by atoms with Crippen LogP contribution in [0.1, 0.15) is 19.8 Å². The molecule has 0 spiro atoms. The van der Waals surface area contributed by atoms with Gasteiger partial charge < -0.3 is 14.2 Å². The fourth-order valence-electron chi connectivity index (χ4n) is 1.55. The highest BCUT2D eigenvalue weighted by molar-refractivity contribution is 5.76. The Morgan fingerprint density at radius 3 is 3.13 bits per heavy atom. The number of carbonyl (C=O) groups excluding carboxylic acids is 1. The van der Waals surface area contributed by atoms with E-state index in [1.807, 2.05) is 13.0 Å². The van der Waals surface area contributed by atoms with Gasteiger partial charge in [-0.25, -0.2) is 4.79 Å². The van der Waals surface area contributed by atoms with E-state index in [0.29, 0.717) is 6.61 Å². The van der Waals surface area contributed by atoms with Crippen molar-refractivity contribution in [3.8, 4) is 0 Å². The maximum absolute atomic E-state index is 11.6. The third-order valence-electron chi connectivity index (χ3n) is 2.45. The minimum atomic E-state index is -0.559. The first-order chi connectivity index (χ1) is 7.27. The Hall–Kier alpha value is -1.13. The van der Waals surface area contributed by atoms with Crippen molar-refractivity contribution in [2.24, 2.45) is 0 Å². The molecular weight excluding hydrogens is 196 g/mol. The molecule has 1 fully saturated rings. The van der Waals surface area contributed by atoms with Gasteiger partial charge in [-0.3, -0.25) is 0 Å². The molecule has 15 heavy (non-hydrogen) atoms. The Morgan fingerprint density at radius 2 is 2.47 bits per heavy atom. The van der Waals surface area contributed by atoms with Gasteiger partial charge in [0.2, 0.25) is 0 Å². The smallest absolute Gasteiger partial charge is 0.342 e. The minimum Gasteiger partial charge on any atom is -0.429 e. The van der Waals surface area contributed by atoms with Crippen LogP contribution in [0.3, 0.4) is 0 Å². The normalized spacial score (nSPS) is 25.8. The summed E-state index contributed by atoms with van der Waals surface area (Å²) in [6.07, 6.45) is 5.18. The predicted octanol–water partition coefficient (Wildman–Crippen LogP) is 1.53. The van der Waals surface area contributed by atoms with Crippen LogP contribution in [0.25, 0.3) is 0 Å². The van der Waals surface area contributed by atoms with Gasteiger partial charge in [-0.15, -0.1) is 0 Å². The molecule has 4 heteroatoms. The molecular formula is C11H14O4. The highest BCUT2D eigenvalue weighted by Gasteiger charge is 2.27. The van der Waals surface area contributed by atoms with E-state index in [2.05, 4.69) is 6.08 Å². The summed E-state index contributed by atoms with van der Waals surface area (Å²) in [6, 6.07) is 0. The maximum Gasteiger partial charge on any atom is 0.342 e. The van der Waals surface area contributed by atoms with Gasteiger partial charge in [0.1, 0.15) is 12.6 Å². The lowest BCUT2D eigenvalue weighted by atomic mass is 10.1. The fraction of sp³-hybridized carbons (Fsp3) is 0.545. The molecule has 2 aliphatic rings. The van der Waals surface area contributed by atoms with Crippen LogP contribution in [0.5, 0.6) is 0 Å². The summed E-state index contributed by atoms with van der Waals surface area (Å²) in [4.78, 5) is 11.6. The molecule has 0 radical (unpaired) electrons. The number of carbonyl (C=O) groups is 1. The molecule has 1 aliphatic heterocycles. The highest BCUT2D eigenvalue weighted by Crippen LogP contribution is 2.20. The van der Waals surface area contributed by atoms with Gasteiger partial charge in [0, 0.05) is 6.42 Å². The van der Waals surface area contributed by atoms with Gasteiger partial charge in [0.25, 0.3) is 0 Å². The molecule has 0 aromatic carbocycles. The molecule has 82 valence electrons. The number of ether oxygens (including phenoxy) is 3. The lowest BCUT2D eigenvalue weighted by Gasteiger charge is -2.14. The van der Waals surface area contributed by atoms with Crippen LogP contribution in [-0.4, -0.2) is 25.5 Å². The van der Waals surface area contributed by atoms with Crippen molar-refractivity contribution in [3.63, 3.8) is 0 Å². The number of hydrogen-bond acceptors (Lipinski definition) is 4. The first-order valence-corrected chi connectivity index (χ1v) is 5.04. The molecule has 0 bridgehead atoms. The van der Waals surface area contributed by atoms with Gasteiger partial charge in [0.05, 0.1) is 6.61 Å². The summed E-state index contributed by atoms with van der Waals surface area (Å²) in [5.74, 6) is 0.398. The molecule has 0 saturated carbocycles. The standard InChI is InChI=1S/C11H14O4/c1-8-4-2-3-5-9(8)15-11(12)10-6-13-7-14-10/h2,4,10H,3,5-7H2,1H3. The number of rotatable bonds is 2. The second-order valence-electron chi connectivity index (χ2n) is 3.61. The Kier molecular flexibility index (Phi) is 3.18. The second kappa shape index (κ2) is 4.59. The molecule has 0 aromatic rings. The van der Waals surface area contributed by atoms with E-state index in [4.69, 9.17) is 14.2 Å². The summed E-state index contributed by atoms with van der Waals surface area (Å²) >= 11 is 0. The molecule has 0 aromatic heterocycles. The molecule has 1 unspecified atom stereocenters. The zero-order valence-corrected chi connectivity index (χ0v) is 8.69. The van der Waals surface area contributed by atoms with E-state index in [0.717, 1.165) is 24.2 Å². The van der Waals surface area contributed by atoms with Crippen molar-refractivity contribution in [1.29, 1.82) is 0 Å². The molecule has 0 N–H and O–H groups in total. The first kappa shape index (κ1) is 10.4. The minimum absolute atomic E-state index is 0.178. The fourth-order valence-corrected chi connectivity index (χ4v) is 1.55. The van der Waals surface area contributed by atoms with Crippen molar-refractivity contribution in [1.82, 2.24) is 0 Å². The largest absolute Gasteiger partial charge is 0.429 e. The van der Waals surface area contributed by atoms with Crippen LogP contribution in [0.2, 0.25) is 0 Å². The maximum atomic E-state index is 11.6. The Morgan fingerprint density at radius 1 is 1.60 bits per heavy atom. The summed E-state index contributed by atoms with van der Waals surface area (Å²) in [5, 5.41) is 0. The predicted molar refractivity (Wildman–Crippen MR) is 52.9 cm³/mol. The average molecular weight is 210 g/mol. The van der Waals surface area contributed by atoms with Crippen LogP contribution >= 0.6 is 0 Å². The Labute approximate surface area is 88.5 Å². The zero-order valence-electron chi connectivity index (χ0n) is 8.69. The molecule has 1 saturated heterocycles. The van der Waals surface area contributed by atoms with E-state index in [-0.39, 0.29) is 12.8 Å². The lowest BCUT2D eigenvalue weighted by molar-refractivity contribution is -0.149. The summed E-state index contributed by atoms with van der Waals surface area (Å²) < 4.78 is 15.3. The van der Waals surface area contributed by atoms with Crippen molar-refractivity contribution in [2.75, 3.05) is 13.4 Å². The number of allylic oxidation sites excluding steroid dienone is 4. The third-order valence-corrected chi connectivity index (χ3v) is 2.45. The van der Waals surface area contributed by atoms with E-state index in [9.17, 15) is 4.79 Å². The lowest BCUT2D eigenvalue weighted by Crippen LogP contribution is -2.25. The average Bonchev–Trinajstić information content (AvgIpc) is 2.74. The van der Waals surface area contributed by atoms with E-state index in [1.165, 1.54) is 0 Å². The van der Waals surface area contributed by atoms with Gasteiger partial charge in [-0.2, -0.15) is 0 Å². The van der Waals surface area contributed by atoms with Gasteiger partial charge in [-0.1, -0.05) is 12.2 Å². The molecule has 0 amide bonds. The molecule has 1 aliphatic carbocycles. The van der Waals surface area contributed by atoms with Crippen molar-refractivity contribution in [3.05, 3.63) is 23.5 Å². The van der Waals surface area contributed by atoms with E-state index >= 15 is 0 Å². The molecule has 2 rings (SSSR count). The van der Waals surface area contributed by atoms with Gasteiger partial charge >= 0.3 is 5.97 Å². The summed E-state index contributed by atoms with van der Waals surface area (Å²) in [5.41, 5.74) is 1.01. The zero-order chi connectivity index (χ0) is 10.7. The van der Waals surface area contributed by atoms with Crippen molar-refractivity contribution < 1.29 is 19.0 Å². The van der Waals surface area contributed by atoms with Crippen LogP contribution < -0.4 is 0 Å². The monoisotopic (exact) mass is 210 g/mol.